The van der Waals surface area contributed by atoms with Crippen LogP contribution in [0.25, 0.3) is 11.0 Å². The summed E-state index contributed by atoms with van der Waals surface area (Å²) in [6, 6.07) is 23.4. The van der Waals surface area contributed by atoms with Gasteiger partial charge in [-0.3, -0.25) is 9.69 Å². The van der Waals surface area contributed by atoms with Crippen molar-refractivity contribution in [2.75, 3.05) is 52.8 Å². The fraction of sp³-hybridized carbons (Fsp3) is 0.366. The molecule has 12 heteroatoms. The SMILES string of the molecule is COc1cc(C(=O)C2CC(Nc3nc4ccccc4n3Cc3ccc(F)cc3)CCN2CCC2(c3ccc(Cl)c(Cl)c3)CCNC2)cc(OC)c1OC. The Balaban J connectivity index is 1.19. The molecule has 2 aliphatic rings. The molecule has 0 saturated carbocycles. The maximum Gasteiger partial charge on any atom is 0.204 e. The summed E-state index contributed by atoms with van der Waals surface area (Å²) in [4.78, 5) is 22.0. The minimum Gasteiger partial charge on any atom is -0.493 e. The van der Waals surface area contributed by atoms with E-state index in [1.54, 1.807) is 45.6 Å². The first-order valence-electron chi connectivity index (χ1n) is 17.9. The lowest BCUT2D eigenvalue weighted by molar-refractivity contribution is 0.0711. The summed E-state index contributed by atoms with van der Waals surface area (Å²) in [5.41, 5.74) is 4.29. The van der Waals surface area contributed by atoms with Crippen LogP contribution in [0, 0.1) is 5.82 Å². The summed E-state index contributed by atoms with van der Waals surface area (Å²) in [5, 5.41) is 8.37. The van der Waals surface area contributed by atoms with E-state index in [1.165, 1.54) is 12.1 Å². The first-order valence-corrected chi connectivity index (χ1v) is 18.7. The molecule has 1 aromatic heterocycles. The molecule has 0 aliphatic carbocycles. The van der Waals surface area contributed by atoms with E-state index in [4.69, 9.17) is 42.4 Å². The number of imidazole rings is 1. The first kappa shape index (κ1) is 37.0. The number of carbonyl (C=O) groups excluding carboxylic acids is 1. The predicted octanol–water partition coefficient (Wildman–Crippen LogP) is 8.01. The number of likely N-dealkylation sites (tertiary alicyclic amines) is 1. The monoisotopic (exact) mass is 759 g/mol. The van der Waals surface area contributed by atoms with E-state index in [1.807, 2.05) is 36.4 Å². The highest BCUT2D eigenvalue weighted by molar-refractivity contribution is 6.42. The van der Waals surface area contributed by atoms with Crippen molar-refractivity contribution in [3.05, 3.63) is 111 Å². The van der Waals surface area contributed by atoms with Gasteiger partial charge in [0.2, 0.25) is 11.7 Å². The molecular weight excluding hydrogens is 716 g/mol. The number of halogens is 3. The molecule has 3 heterocycles. The van der Waals surface area contributed by atoms with E-state index < -0.39 is 6.04 Å². The molecule has 2 aliphatic heterocycles. The minimum absolute atomic E-state index is 0.0243. The summed E-state index contributed by atoms with van der Waals surface area (Å²) in [6.45, 7) is 3.64. The van der Waals surface area contributed by atoms with Gasteiger partial charge in [0.15, 0.2) is 17.3 Å². The Morgan fingerprint density at radius 3 is 2.42 bits per heavy atom. The molecule has 2 saturated heterocycles. The zero-order chi connectivity index (χ0) is 37.1. The number of carbonyl (C=O) groups is 1. The van der Waals surface area contributed by atoms with Gasteiger partial charge in [0.05, 0.1) is 55.0 Å². The van der Waals surface area contributed by atoms with Gasteiger partial charge in [0.25, 0.3) is 0 Å². The highest BCUT2D eigenvalue weighted by Gasteiger charge is 2.40. The first-order chi connectivity index (χ1) is 25.7. The van der Waals surface area contributed by atoms with Gasteiger partial charge in [-0.25, -0.2) is 9.37 Å². The number of fused-ring (bicyclic) bond motifs is 1. The number of hydrogen-bond donors (Lipinski definition) is 2. The Labute approximate surface area is 319 Å². The number of anilines is 1. The molecule has 0 amide bonds. The lowest BCUT2D eigenvalue weighted by atomic mass is 9.76. The number of rotatable bonds is 13. The van der Waals surface area contributed by atoms with E-state index in [-0.39, 0.29) is 23.1 Å². The number of Topliss-reactive ketones (excluding diaryl/α,β-unsaturated/α-hetero) is 1. The van der Waals surface area contributed by atoms with Crippen LogP contribution in [0.15, 0.2) is 78.9 Å². The Hall–Kier alpha value is -4.35. The van der Waals surface area contributed by atoms with Gasteiger partial charge in [-0.1, -0.05) is 53.5 Å². The summed E-state index contributed by atoms with van der Waals surface area (Å²) >= 11 is 12.8. The van der Waals surface area contributed by atoms with E-state index in [9.17, 15) is 9.18 Å². The van der Waals surface area contributed by atoms with Crippen molar-refractivity contribution in [2.24, 2.45) is 0 Å². The van der Waals surface area contributed by atoms with Crippen LogP contribution in [-0.2, 0) is 12.0 Å². The van der Waals surface area contributed by atoms with Crippen LogP contribution < -0.4 is 24.8 Å². The summed E-state index contributed by atoms with van der Waals surface area (Å²) in [6.07, 6.45) is 3.14. The third-order valence-electron chi connectivity index (χ3n) is 10.9. The van der Waals surface area contributed by atoms with Gasteiger partial charge in [-0.05, 0) is 98.4 Å². The highest BCUT2D eigenvalue weighted by Crippen LogP contribution is 2.41. The lowest BCUT2D eigenvalue weighted by Gasteiger charge is -2.41. The normalized spacial score (nSPS) is 20.4. The van der Waals surface area contributed by atoms with Crippen LogP contribution in [0.4, 0.5) is 10.3 Å². The van der Waals surface area contributed by atoms with E-state index >= 15 is 0 Å². The van der Waals surface area contributed by atoms with Crippen molar-refractivity contribution < 1.29 is 23.4 Å². The van der Waals surface area contributed by atoms with Gasteiger partial charge in [-0.2, -0.15) is 0 Å². The summed E-state index contributed by atoms with van der Waals surface area (Å²) in [7, 11) is 4.65. The second kappa shape index (κ2) is 15.9. The molecule has 0 radical (unpaired) electrons. The van der Waals surface area contributed by atoms with Crippen molar-refractivity contribution in [3.63, 3.8) is 0 Å². The van der Waals surface area contributed by atoms with Crippen molar-refractivity contribution in [1.29, 1.82) is 0 Å². The van der Waals surface area contributed by atoms with Crippen molar-refractivity contribution in [3.8, 4) is 17.2 Å². The molecular formula is C41H44Cl2FN5O4. The van der Waals surface area contributed by atoms with Crippen LogP contribution >= 0.6 is 23.2 Å². The van der Waals surface area contributed by atoms with Crippen LogP contribution in [0.3, 0.4) is 0 Å². The number of nitrogens with zero attached hydrogens (tertiary/aromatic N) is 3. The van der Waals surface area contributed by atoms with Gasteiger partial charge in [0, 0.05) is 30.1 Å². The Kier molecular flexibility index (Phi) is 11.1. The topological polar surface area (TPSA) is 89.9 Å². The highest BCUT2D eigenvalue weighted by atomic mass is 35.5. The number of ketones is 1. The Morgan fingerprint density at radius 2 is 1.74 bits per heavy atom. The third kappa shape index (κ3) is 7.69. The van der Waals surface area contributed by atoms with Crippen LogP contribution in [0.5, 0.6) is 17.2 Å². The molecule has 2 fully saturated rings. The summed E-state index contributed by atoms with van der Waals surface area (Å²) in [5.74, 6) is 1.70. The molecule has 7 rings (SSSR count). The average Bonchev–Trinajstić information content (AvgIpc) is 3.80. The lowest BCUT2D eigenvalue weighted by Crippen LogP contribution is -2.51. The van der Waals surface area contributed by atoms with Crippen molar-refractivity contribution in [2.45, 2.75) is 49.7 Å². The molecule has 3 atom stereocenters. The van der Waals surface area contributed by atoms with Gasteiger partial charge < -0.3 is 29.4 Å². The fourth-order valence-corrected chi connectivity index (χ4v) is 8.23. The third-order valence-corrected chi connectivity index (χ3v) is 11.6. The quantitative estimate of drug-likeness (QED) is 0.117. The number of para-hydroxylation sites is 2. The van der Waals surface area contributed by atoms with Crippen LogP contribution in [-0.4, -0.2) is 79.8 Å². The van der Waals surface area contributed by atoms with Crippen molar-refractivity contribution in [1.82, 2.24) is 19.8 Å². The molecule has 3 unspecified atom stereocenters. The number of methoxy groups -OCH3 is 3. The second-order valence-electron chi connectivity index (χ2n) is 13.9. The minimum atomic E-state index is -0.445. The zero-order valence-corrected chi connectivity index (χ0v) is 31.6. The summed E-state index contributed by atoms with van der Waals surface area (Å²) < 4.78 is 32.7. The Morgan fingerprint density at radius 1 is 0.981 bits per heavy atom. The number of piperidine rings is 1. The van der Waals surface area contributed by atoms with E-state index in [2.05, 4.69) is 26.2 Å². The smallest absolute Gasteiger partial charge is 0.204 e. The fourth-order valence-electron chi connectivity index (χ4n) is 7.93. The average molecular weight is 761 g/mol. The Bertz CT molecular complexity index is 2060. The van der Waals surface area contributed by atoms with Gasteiger partial charge >= 0.3 is 0 Å². The van der Waals surface area contributed by atoms with E-state index in [0.717, 1.165) is 54.5 Å². The maximum atomic E-state index is 14.7. The number of aromatic nitrogens is 2. The predicted molar refractivity (Wildman–Crippen MR) is 208 cm³/mol. The van der Waals surface area contributed by atoms with Gasteiger partial charge in [0.1, 0.15) is 5.82 Å². The number of ether oxygens (including phenoxy) is 3. The maximum absolute atomic E-state index is 14.7. The molecule has 5 aromatic rings. The number of nitrogens with one attached hydrogen (secondary N) is 2. The standard InChI is InChI=1S/C41H44Cl2FN5O4/c1-51-36-20-27(21-37(52-2)39(36)53-3)38(50)35-23-30(14-18-48(35)19-16-41(15-17-45-25-41)28-10-13-31(42)32(43)22-28)46-40-47-33-6-4-5-7-34(33)49(40)24-26-8-11-29(44)12-9-26/h4-13,20-22,30,35,45H,14-19,23-25H2,1-3H3,(H,46,47). The molecule has 0 spiro atoms. The second-order valence-corrected chi connectivity index (χ2v) is 14.7. The van der Waals surface area contributed by atoms with Crippen molar-refractivity contribution >= 4 is 46.0 Å². The van der Waals surface area contributed by atoms with E-state index in [0.29, 0.717) is 64.9 Å². The molecule has 53 heavy (non-hydrogen) atoms. The zero-order valence-electron chi connectivity index (χ0n) is 30.1. The largest absolute Gasteiger partial charge is 0.493 e. The van der Waals surface area contributed by atoms with Crippen LogP contribution in [0.2, 0.25) is 10.0 Å². The molecule has 9 nitrogen and oxygen atoms in total. The molecule has 2 N–H and O–H groups in total. The molecule has 4 aromatic carbocycles. The molecule has 278 valence electrons. The number of hydrogen-bond acceptors (Lipinski definition) is 8. The number of benzene rings is 4. The van der Waals surface area contributed by atoms with Gasteiger partial charge in [-0.15, -0.1) is 0 Å². The molecule has 0 bridgehead atoms. The van der Waals surface area contributed by atoms with Crippen LogP contribution in [0.1, 0.15) is 47.2 Å².